The van der Waals surface area contributed by atoms with Gasteiger partial charge in [-0.2, -0.15) is 8.42 Å². The van der Waals surface area contributed by atoms with Crippen molar-refractivity contribution in [3.63, 3.8) is 0 Å². The van der Waals surface area contributed by atoms with Crippen molar-refractivity contribution >= 4 is 15.8 Å². The summed E-state index contributed by atoms with van der Waals surface area (Å²) in [4.78, 5) is 9.94. The molecule has 0 fully saturated rings. The van der Waals surface area contributed by atoms with Crippen molar-refractivity contribution in [2.75, 3.05) is 0 Å². The molecule has 0 aliphatic rings. The summed E-state index contributed by atoms with van der Waals surface area (Å²) >= 11 is 0. The van der Waals surface area contributed by atoms with Crippen molar-refractivity contribution in [3.05, 3.63) is 28.2 Å². The van der Waals surface area contributed by atoms with E-state index in [0.29, 0.717) is 5.69 Å². The molecule has 15 heavy (non-hydrogen) atoms. The van der Waals surface area contributed by atoms with Crippen LogP contribution < -0.4 is 0 Å². The molecule has 8 nitrogen and oxygen atoms in total. The number of nitrogens with zero attached hydrogens (tertiary/aromatic N) is 5. The molecule has 1 N–H and O–H groups in total. The average molecular weight is 229 g/mol. The SMILES string of the molecule is Cc1nc(CS(=O)(=O)O)ncc1N=[N+]=[N-]. The molecule has 9 heteroatoms. The Morgan fingerprint density at radius 3 is 2.80 bits per heavy atom. The van der Waals surface area contributed by atoms with Gasteiger partial charge in [0.25, 0.3) is 10.1 Å². The van der Waals surface area contributed by atoms with Gasteiger partial charge in [-0.1, -0.05) is 5.11 Å². The van der Waals surface area contributed by atoms with Crippen LogP contribution in [0.3, 0.4) is 0 Å². The highest BCUT2D eigenvalue weighted by Gasteiger charge is 2.10. The lowest BCUT2D eigenvalue weighted by atomic mass is 10.4. The van der Waals surface area contributed by atoms with Crippen molar-refractivity contribution in [2.45, 2.75) is 12.7 Å². The molecular formula is C6H7N5O3S. The van der Waals surface area contributed by atoms with E-state index < -0.39 is 15.9 Å². The summed E-state index contributed by atoms with van der Waals surface area (Å²) in [6.07, 6.45) is 1.20. The zero-order valence-corrected chi connectivity index (χ0v) is 8.51. The van der Waals surface area contributed by atoms with E-state index in [9.17, 15) is 8.42 Å². The van der Waals surface area contributed by atoms with Gasteiger partial charge in [-0.15, -0.1) is 0 Å². The Balaban J connectivity index is 3.07. The predicted molar refractivity (Wildman–Crippen MR) is 50.8 cm³/mol. The van der Waals surface area contributed by atoms with Gasteiger partial charge in [-0.05, 0) is 12.5 Å². The highest BCUT2D eigenvalue weighted by molar-refractivity contribution is 7.84. The average Bonchev–Trinajstić information content (AvgIpc) is 2.07. The van der Waals surface area contributed by atoms with Crippen molar-refractivity contribution in [1.29, 1.82) is 0 Å². The van der Waals surface area contributed by atoms with Crippen LogP contribution in [0, 0.1) is 6.92 Å². The van der Waals surface area contributed by atoms with Crippen LogP contribution in [0.1, 0.15) is 11.5 Å². The van der Waals surface area contributed by atoms with E-state index >= 15 is 0 Å². The molecule has 0 unspecified atom stereocenters. The molecule has 1 aromatic heterocycles. The van der Waals surface area contributed by atoms with Crippen LogP contribution in [0.15, 0.2) is 11.3 Å². The second kappa shape index (κ2) is 4.22. The summed E-state index contributed by atoms with van der Waals surface area (Å²) in [7, 11) is -4.15. The van der Waals surface area contributed by atoms with E-state index in [1.54, 1.807) is 6.92 Å². The lowest BCUT2D eigenvalue weighted by Crippen LogP contribution is -2.06. The van der Waals surface area contributed by atoms with Gasteiger partial charge in [0.1, 0.15) is 11.6 Å². The van der Waals surface area contributed by atoms with Gasteiger partial charge in [0, 0.05) is 11.1 Å². The van der Waals surface area contributed by atoms with Crippen molar-refractivity contribution in [3.8, 4) is 0 Å². The second-order valence-electron chi connectivity index (χ2n) is 2.67. The van der Waals surface area contributed by atoms with Gasteiger partial charge in [0.05, 0.1) is 11.4 Å². The van der Waals surface area contributed by atoms with Gasteiger partial charge in [-0.25, -0.2) is 9.97 Å². The summed E-state index contributed by atoms with van der Waals surface area (Å²) in [6, 6.07) is 0. The number of aromatic nitrogens is 2. The Morgan fingerprint density at radius 2 is 2.33 bits per heavy atom. The van der Waals surface area contributed by atoms with Crippen molar-refractivity contribution < 1.29 is 13.0 Å². The van der Waals surface area contributed by atoms with Gasteiger partial charge in [0.15, 0.2) is 0 Å². The largest absolute Gasteiger partial charge is 0.285 e. The minimum Gasteiger partial charge on any atom is -0.285 e. The Bertz CT molecular complexity index is 520. The molecule has 0 saturated carbocycles. The zero-order valence-electron chi connectivity index (χ0n) is 7.69. The highest BCUT2D eigenvalue weighted by atomic mass is 32.2. The maximum Gasteiger partial charge on any atom is 0.272 e. The first-order chi connectivity index (χ1) is 6.92. The van der Waals surface area contributed by atoms with Crippen LogP contribution in [0.5, 0.6) is 0 Å². The molecule has 0 atom stereocenters. The molecule has 1 aromatic rings. The minimum atomic E-state index is -4.15. The third-order valence-corrected chi connectivity index (χ3v) is 2.09. The van der Waals surface area contributed by atoms with Crippen LogP contribution in [-0.4, -0.2) is 22.9 Å². The normalized spacial score (nSPS) is 10.8. The number of hydrogen-bond acceptors (Lipinski definition) is 5. The Morgan fingerprint density at radius 1 is 1.67 bits per heavy atom. The first-order valence-corrected chi connectivity index (χ1v) is 5.36. The quantitative estimate of drug-likeness (QED) is 0.359. The van der Waals surface area contributed by atoms with E-state index in [4.69, 9.17) is 10.1 Å². The standard InChI is InChI=1S/C6H7N5O3S/c1-4-5(10-11-7)2-8-6(9-4)3-15(12,13)14/h2H,3H2,1H3,(H,12,13,14). The Hall–Kier alpha value is -1.70. The van der Waals surface area contributed by atoms with Crippen LogP contribution in [0.4, 0.5) is 5.69 Å². The smallest absolute Gasteiger partial charge is 0.272 e. The molecule has 0 aliphatic carbocycles. The van der Waals surface area contributed by atoms with Gasteiger partial charge >= 0.3 is 0 Å². The molecule has 0 radical (unpaired) electrons. The monoisotopic (exact) mass is 229 g/mol. The third kappa shape index (κ3) is 3.50. The molecular weight excluding hydrogens is 222 g/mol. The van der Waals surface area contributed by atoms with Crippen LogP contribution in [0.25, 0.3) is 10.4 Å². The first-order valence-electron chi connectivity index (χ1n) is 3.75. The molecule has 0 saturated heterocycles. The van der Waals surface area contributed by atoms with Crippen molar-refractivity contribution in [2.24, 2.45) is 5.11 Å². The Kier molecular flexibility index (Phi) is 3.20. The van der Waals surface area contributed by atoms with Crippen molar-refractivity contribution in [1.82, 2.24) is 9.97 Å². The zero-order chi connectivity index (χ0) is 11.5. The summed E-state index contributed by atoms with van der Waals surface area (Å²) in [5.74, 6) is -0.711. The van der Waals surface area contributed by atoms with Gasteiger partial charge in [0.2, 0.25) is 0 Å². The fourth-order valence-electron chi connectivity index (χ4n) is 0.888. The lowest BCUT2D eigenvalue weighted by Gasteiger charge is -2.00. The predicted octanol–water partition coefficient (Wildman–Crippen LogP) is 1.11. The molecule has 0 aliphatic heterocycles. The molecule has 0 bridgehead atoms. The Labute approximate surface area is 85.4 Å². The highest BCUT2D eigenvalue weighted by Crippen LogP contribution is 2.15. The fourth-order valence-corrected chi connectivity index (χ4v) is 1.35. The molecule has 0 aromatic carbocycles. The maximum atomic E-state index is 10.5. The van der Waals surface area contributed by atoms with Gasteiger partial charge in [-0.3, -0.25) is 4.55 Å². The topological polar surface area (TPSA) is 129 Å². The maximum absolute atomic E-state index is 10.5. The molecule has 1 heterocycles. The number of rotatable bonds is 3. The lowest BCUT2D eigenvalue weighted by molar-refractivity contribution is 0.480. The van der Waals surface area contributed by atoms with E-state index in [0.717, 1.165) is 0 Å². The minimum absolute atomic E-state index is 0.0492. The van der Waals surface area contributed by atoms with E-state index in [2.05, 4.69) is 20.0 Å². The fraction of sp³-hybridized carbons (Fsp3) is 0.333. The van der Waals surface area contributed by atoms with Crippen LogP contribution in [0.2, 0.25) is 0 Å². The molecule has 0 spiro atoms. The third-order valence-electron chi connectivity index (χ3n) is 1.47. The van der Waals surface area contributed by atoms with Crippen LogP contribution >= 0.6 is 0 Å². The second-order valence-corrected chi connectivity index (χ2v) is 4.13. The summed E-state index contributed by atoms with van der Waals surface area (Å²) < 4.78 is 29.6. The van der Waals surface area contributed by atoms with E-state index in [1.807, 2.05) is 0 Å². The van der Waals surface area contributed by atoms with E-state index in [-0.39, 0.29) is 11.5 Å². The van der Waals surface area contributed by atoms with Crippen LogP contribution in [-0.2, 0) is 15.9 Å². The molecule has 0 amide bonds. The first kappa shape index (κ1) is 11.4. The van der Waals surface area contributed by atoms with Gasteiger partial charge < -0.3 is 0 Å². The summed E-state index contributed by atoms with van der Waals surface area (Å²) in [5, 5.41) is 3.29. The summed E-state index contributed by atoms with van der Waals surface area (Å²) in [5.41, 5.74) is 8.73. The number of azide groups is 1. The number of hydrogen-bond donors (Lipinski definition) is 1. The summed E-state index contributed by atoms with van der Waals surface area (Å²) in [6.45, 7) is 1.54. The molecule has 1 rings (SSSR count). The number of aryl methyl sites for hydroxylation is 1. The molecule has 80 valence electrons. The van der Waals surface area contributed by atoms with E-state index in [1.165, 1.54) is 6.20 Å².